The third-order valence-electron chi connectivity index (χ3n) is 5.89. The van der Waals surface area contributed by atoms with E-state index in [2.05, 4.69) is 26.5 Å². The van der Waals surface area contributed by atoms with Crippen LogP contribution in [0.2, 0.25) is 0 Å². The van der Waals surface area contributed by atoms with Crippen LogP contribution in [0.3, 0.4) is 0 Å². The number of likely N-dealkylation sites (tertiary alicyclic amines) is 1. The second-order valence-electron chi connectivity index (χ2n) is 7.83. The molecule has 2 saturated heterocycles. The number of aryl methyl sites for hydroxylation is 1. The lowest BCUT2D eigenvalue weighted by Crippen LogP contribution is -2.36. The van der Waals surface area contributed by atoms with E-state index in [4.69, 9.17) is 9.47 Å². The molecule has 2 aromatic rings. The van der Waals surface area contributed by atoms with Gasteiger partial charge < -0.3 is 14.4 Å². The van der Waals surface area contributed by atoms with Gasteiger partial charge in [0.25, 0.3) is 0 Å². The number of aromatic nitrogens is 4. The number of nitrogens with zero attached hydrogens (tertiary/aromatic N) is 6. The van der Waals surface area contributed by atoms with Gasteiger partial charge in [0.15, 0.2) is 5.82 Å². The molecule has 4 rings (SSSR count). The maximum atomic E-state index is 12.9. The fraction of sp³-hybridized carbons (Fsp3) is 0.619. The molecule has 2 aliphatic rings. The molecule has 1 atom stereocenters. The second-order valence-corrected chi connectivity index (χ2v) is 7.83. The topological polar surface area (TPSA) is 85.6 Å². The summed E-state index contributed by atoms with van der Waals surface area (Å²) in [6.45, 7) is 5.47. The Morgan fingerprint density at radius 1 is 1.27 bits per heavy atom. The third kappa shape index (κ3) is 4.96. The lowest BCUT2D eigenvalue weighted by molar-refractivity contribution is -0.132. The van der Waals surface area contributed by atoms with Crippen LogP contribution in [0, 0.1) is 0 Å². The van der Waals surface area contributed by atoms with E-state index >= 15 is 0 Å². The van der Waals surface area contributed by atoms with E-state index in [9.17, 15) is 4.79 Å². The van der Waals surface area contributed by atoms with E-state index in [0.717, 1.165) is 69.2 Å². The number of tetrazole rings is 1. The van der Waals surface area contributed by atoms with Crippen LogP contribution in [0.15, 0.2) is 24.3 Å². The number of hydrogen-bond donors (Lipinski definition) is 0. The highest BCUT2D eigenvalue weighted by atomic mass is 16.5. The molecule has 9 heteroatoms. The van der Waals surface area contributed by atoms with Gasteiger partial charge >= 0.3 is 0 Å². The zero-order valence-electron chi connectivity index (χ0n) is 17.6. The largest absolute Gasteiger partial charge is 0.497 e. The Balaban J connectivity index is 1.30. The van der Waals surface area contributed by atoms with Gasteiger partial charge in [0.05, 0.1) is 32.9 Å². The van der Waals surface area contributed by atoms with E-state index in [1.165, 1.54) is 0 Å². The van der Waals surface area contributed by atoms with Gasteiger partial charge in [-0.2, -0.15) is 0 Å². The molecule has 1 amide bonds. The number of carbonyl (C=O) groups excluding carboxylic acids is 1. The molecule has 0 unspecified atom stereocenters. The number of benzene rings is 1. The maximum absolute atomic E-state index is 12.9. The van der Waals surface area contributed by atoms with Gasteiger partial charge in [-0.05, 0) is 47.4 Å². The molecule has 0 bridgehead atoms. The first-order chi connectivity index (χ1) is 14.7. The van der Waals surface area contributed by atoms with Gasteiger partial charge in [-0.1, -0.05) is 12.1 Å². The van der Waals surface area contributed by atoms with Crippen LogP contribution >= 0.6 is 0 Å². The minimum Gasteiger partial charge on any atom is -0.497 e. The normalized spacial score (nSPS) is 19.9. The summed E-state index contributed by atoms with van der Waals surface area (Å²) >= 11 is 0. The van der Waals surface area contributed by atoms with Crippen LogP contribution < -0.4 is 4.74 Å². The average Bonchev–Trinajstić information content (AvgIpc) is 3.44. The van der Waals surface area contributed by atoms with Crippen molar-refractivity contribution in [3.05, 3.63) is 35.7 Å². The number of methoxy groups -OCH3 is 1. The summed E-state index contributed by atoms with van der Waals surface area (Å²) in [4.78, 5) is 17.2. The number of rotatable bonds is 8. The first kappa shape index (κ1) is 20.7. The Hall–Kier alpha value is -2.52. The first-order valence-corrected chi connectivity index (χ1v) is 10.7. The molecule has 3 heterocycles. The Kier molecular flexibility index (Phi) is 6.91. The quantitative estimate of drug-likeness (QED) is 0.649. The van der Waals surface area contributed by atoms with Crippen molar-refractivity contribution in [2.24, 2.45) is 0 Å². The van der Waals surface area contributed by atoms with E-state index in [0.29, 0.717) is 19.5 Å². The van der Waals surface area contributed by atoms with Crippen LogP contribution in [0.1, 0.15) is 43.1 Å². The number of carbonyl (C=O) groups is 1. The summed E-state index contributed by atoms with van der Waals surface area (Å²) in [5.41, 5.74) is 1.15. The van der Waals surface area contributed by atoms with Gasteiger partial charge in [0, 0.05) is 32.6 Å². The maximum Gasteiger partial charge on any atom is 0.223 e. The van der Waals surface area contributed by atoms with Crippen molar-refractivity contribution in [1.29, 1.82) is 0 Å². The number of hydrogen-bond acceptors (Lipinski definition) is 7. The molecule has 9 nitrogen and oxygen atoms in total. The van der Waals surface area contributed by atoms with E-state index in [-0.39, 0.29) is 11.9 Å². The van der Waals surface area contributed by atoms with Gasteiger partial charge in [-0.3, -0.25) is 9.69 Å². The fourth-order valence-electron chi connectivity index (χ4n) is 4.25. The first-order valence-electron chi connectivity index (χ1n) is 10.7. The molecule has 30 heavy (non-hydrogen) atoms. The molecule has 1 aromatic carbocycles. The standard InChI is InChI=1S/C21H30N6O3/c1-29-18-6-2-5-17(15-18)19-7-3-9-26(19)21(28)8-4-10-27-20(22-23-24-27)16-25-11-13-30-14-12-25/h2,5-6,15,19H,3-4,7-14,16H2,1H3/t19-/m0/s1. The van der Waals surface area contributed by atoms with Crippen molar-refractivity contribution >= 4 is 5.91 Å². The highest BCUT2D eigenvalue weighted by molar-refractivity contribution is 5.77. The molecule has 0 spiro atoms. The summed E-state index contributed by atoms with van der Waals surface area (Å²) in [6.07, 6.45) is 3.25. The summed E-state index contributed by atoms with van der Waals surface area (Å²) in [6, 6.07) is 8.18. The van der Waals surface area contributed by atoms with Gasteiger partial charge in [-0.25, -0.2) is 4.68 Å². The third-order valence-corrected chi connectivity index (χ3v) is 5.89. The summed E-state index contributed by atoms with van der Waals surface area (Å²) < 4.78 is 12.6. The van der Waals surface area contributed by atoms with E-state index in [1.54, 1.807) is 7.11 Å². The molecule has 162 valence electrons. The van der Waals surface area contributed by atoms with Crippen molar-refractivity contribution in [3.63, 3.8) is 0 Å². The van der Waals surface area contributed by atoms with Crippen LogP contribution in [-0.4, -0.2) is 75.9 Å². The van der Waals surface area contributed by atoms with Gasteiger partial charge in [-0.15, -0.1) is 5.10 Å². The molecule has 0 N–H and O–H groups in total. The van der Waals surface area contributed by atoms with Crippen molar-refractivity contribution < 1.29 is 14.3 Å². The number of morpholine rings is 1. The number of ether oxygens (including phenoxy) is 2. The van der Waals surface area contributed by atoms with Crippen molar-refractivity contribution in [2.45, 2.75) is 44.8 Å². The van der Waals surface area contributed by atoms with Crippen LogP contribution in [0.5, 0.6) is 5.75 Å². The van der Waals surface area contributed by atoms with Crippen LogP contribution in [0.25, 0.3) is 0 Å². The fourth-order valence-corrected chi connectivity index (χ4v) is 4.25. The van der Waals surface area contributed by atoms with Crippen molar-refractivity contribution in [2.75, 3.05) is 40.0 Å². The van der Waals surface area contributed by atoms with Crippen molar-refractivity contribution in [1.82, 2.24) is 30.0 Å². The lowest BCUT2D eigenvalue weighted by Gasteiger charge is -2.26. The molecular formula is C21H30N6O3. The zero-order chi connectivity index (χ0) is 20.8. The predicted octanol–water partition coefficient (Wildman–Crippen LogP) is 1.66. The van der Waals surface area contributed by atoms with Crippen molar-refractivity contribution in [3.8, 4) is 5.75 Å². The Labute approximate surface area is 176 Å². The minimum atomic E-state index is 0.137. The smallest absolute Gasteiger partial charge is 0.223 e. The average molecular weight is 415 g/mol. The SMILES string of the molecule is COc1cccc([C@@H]2CCCN2C(=O)CCCn2nnnc2CN2CCOCC2)c1. The molecule has 1 aromatic heterocycles. The van der Waals surface area contributed by atoms with E-state index < -0.39 is 0 Å². The molecule has 2 aliphatic heterocycles. The number of amides is 1. The highest BCUT2D eigenvalue weighted by Crippen LogP contribution is 2.34. The molecule has 0 saturated carbocycles. The van der Waals surface area contributed by atoms with E-state index in [1.807, 2.05) is 27.8 Å². The summed E-state index contributed by atoms with van der Waals surface area (Å²) in [7, 11) is 1.67. The molecular weight excluding hydrogens is 384 g/mol. The molecule has 0 aliphatic carbocycles. The predicted molar refractivity (Wildman–Crippen MR) is 110 cm³/mol. The van der Waals surface area contributed by atoms with Crippen LogP contribution in [-0.2, 0) is 22.6 Å². The Morgan fingerprint density at radius 3 is 2.97 bits per heavy atom. The van der Waals surface area contributed by atoms with Gasteiger partial charge in [0.2, 0.25) is 5.91 Å². The highest BCUT2D eigenvalue weighted by Gasteiger charge is 2.29. The Morgan fingerprint density at radius 2 is 2.13 bits per heavy atom. The monoisotopic (exact) mass is 414 g/mol. The molecule has 2 fully saturated rings. The molecule has 0 radical (unpaired) electrons. The lowest BCUT2D eigenvalue weighted by atomic mass is 10.0. The zero-order valence-corrected chi connectivity index (χ0v) is 17.6. The second kappa shape index (κ2) is 9.99. The van der Waals surface area contributed by atoms with Gasteiger partial charge in [0.1, 0.15) is 5.75 Å². The van der Waals surface area contributed by atoms with Crippen LogP contribution in [0.4, 0.5) is 0 Å². The Bertz CT molecular complexity index is 836. The minimum absolute atomic E-state index is 0.137. The summed E-state index contributed by atoms with van der Waals surface area (Å²) in [5.74, 6) is 1.88. The summed E-state index contributed by atoms with van der Waals surface area (Å²) in [5, 5.41) is 12.1.